The molecule has 6 unspecified atom stereocenters. The van der Waals surface area contributed by atoms with E-state index in [0.717, 1.165) is 57.8 Å². The second kappa shape index (κ2) is 43.8. The molecule has 0 aromatic heterocycles. The third kappa shape index (κ3) is 35.0. The lowest BCUT2D eigenvalue weighted by Crippen LogP contribution is -2.64. The quantitative estimate of drug-likeness (QED) is 0.0147. The van der Waals surface area contributed by atoms with Crippen LogP contribution in [0.5, 0.6) is 0 Å². The van der Waals surface area contributed by atoms with Gasteiger partial charge in [0.1, 0.15) is 42.7 Å². The van der Waals surface area contributed by atoms with Crippen LogP contribution in [0.15, 0.2) is 24.3 Å². The first-order chi connectivity index (χ1) is 32.0. The lowest BCUT2D eigenvalue weighted by atomic mass is 9.85. The van der Waals surface area contributed by atoms with Crippen molar-refractivity contribution in [3.8, 4) is 0 Å². The first kappa shape index (κ1) is 62.8. The fourth-order valence-electron chi connectivity index (χ4n) is 8.51. The number of ether oxygens (including phenoxy) is 2. The molecule has 1 aliphatic rings. The average Bonchev–Trinajstić information content (AvgIpc) is 3.30. The second-order valence-electron chi connectivity index (χ2n) is 19.1. The Morgan fingerprint density at radius 2 is 0.848 bits per heavy atom. The van der Waals surface area contributed by atoms with Crippen molar-refractivity contribution in [1.82, 2.24) is 0 Å². The highest BCUT2D eigenvalue weighted by Gasteiger charge is 2.51. The number of aliphatic hydroxyl groups excluding tert-OH is 5. The van der Waals surface area contributed by atoms with Gasteiger partial charge in [0.2, 0.25) is 0 Å². The molecule has 0 amide bonds. The molecule has 0 aliphatic heterocycles. The number of phosphoric acid groups is 1. The van der Waals surface area contributed by atoms with Gasteiger partial charge in [0.25, 0.3) is 0 Å². The van der Waals surface area contributed by atoms with Crippen LogP contribution in [-0.2, 0) is 27.9 Å². The van der Waals surface area contributed by atoms with Gasteiger partial charge in [-0.2, -0.15) is 0 Å². The number of aliphatic hydroxyl groups is 5. The normalized spacial score (nSPS) is 21.5. The average molecular weight is 961 g/mol. The number of hydrogen-bond donors (Lipinski definition) is 6. The summed E-state index contributed by atoms with van der Waals surface area (Å²) in [6.07, 6.45) is 39.5. The van der Waals surface area contributed by atoms with Crippen molar-refractivity contribution >= 4 is 13.8 Å². The van der Waals surface area contributed by atoms with Gasteiger partial charge in [-0.1, -0.05) is 218 Å². The van der Waals surface area contributed by atoms with Crippen molar-refractivity contribution < 1.29 is 58.3 Å². The summed E-state index contributed by atoms with van der Waals surface area (Å²) in [5, 5.41) is 50.3. The summed E-state index contributed by atoms with van der Waals surface area (Å²) in [5.74, 6) is -0.474. The minimum atomic E-state index is -5.02. The number of rotatable bonds is 47. The Kier molecular flexibility index (Phi) is 41.7. The molecule has 1 rings (SSSR count). The van der Waals surface area contributed by atoms with Gasteiger partial charge in [0, 0.05) is 13.0 Å². The molecule has 6 N–H and O–H groups in total. The third-order valence-corrected chi connectivity index (χ3v) is 13.8. The highest BCUT2D eigenvalue weighted by molar-refractivity contribution is 7.47. The molecule has 0 aromatic carbocycles. The second-order valence-corrected chi connectivity index (χ2v) is 20.5. The Bertz CT molecular complexity index is 1190. The van der Waals surface area contributed by atoms with Crippen LogP contribution < -0.4 is 0 Å². The Morgan fingerprint density at radius 1 is 0.485 bits per heavy atom. The molecule has 0 heterocycles. The highest BCUT2D eigenvalue weighted by atomic mass is 31.2. The number of unbranched alkanes of at least 4 members (excludes halogenated alkanes) is 31. The number of carbonyl (C=O) groups excluding carboxylic acids is 1. The molecule has 390 valence electrons. The molecule has 13 heteroatoms. The maximum atomic E-state index is 12.9. The van der Waals surface area contributed by atoms with E-state index in [1.54, 1.807) is 0 Å². The van der Waals surface area contributed by atoms with E-state index < -0.39 is 63.1 Å². The molecule has 66 heavy (non-hydrogen) atoms. The number of esters is 1. The summed E-state index contributed by atoms with van der Waals surface area (Å²) < 4.78 is 34.4. The van der Waals surface area contributed by atoms with E-state index in [-0.39, 0.29) is 13.0 Å². The van der Waals surface area contributed by atoms with Crippen LogP contribution in [0.3, 0.4) is 0 Å². The third-order valence-electron chi connectivity index (χ3n) is 12.8. The molecule has 0 aromatic rings. The first-order valence-corrected chi connectivity index (χ1v) is 28.7. The molecular formula is C53H101O12P. The number of allylic oxidation sites excluding steroid dienone is 4. The minimum Gasteiger partial charge on any atom is -0.457 e. The zero-order valence-corrected chi connectivity index (χ0v) is 42.9. The number of hydrogen-bond acceptors (Lipinski definition) is 11. The van der Waals surface area contributed by atoms with Crippen molar-refractivity contribution in [2.45, 2.75) is 288 Å². The maximum absolute atomic E-state index is 12.9. The number of phosphoric ester groups is 1. The first-order valence-electron chi connectivity index (χ1n) is 27.2. The van der Waals surface area contributed by atoms with Crippen LogP contribution in [0.1, 0.15) is 245 Å². The molecule has 12 nitrogen and oxygen atoms in total. The lowest BCUT2D eigenvalue weighted by molar-refractivity contribution is -0.220. The Morgan fingerprint density at radius 3 is 1.29 bits per heavy atom. The lowest BCUT2D eigenvalue weighted by Gasteiger charge is -2.41. The van der Waals surface area contributed by atoms with Crippen molar-refractivity contribution in [2.24, 2.45) is 0 Å². The van der Waals surface area contributed by atoms with E-state index in [9.17, 15) is 39.8 Å². The summed E-state index contributed by atoms with van der Waals surface area (Å²) in [7, 11) is -5.02. The topological polar surface area (TPSA) is 192 Å². The molecule has 6 atom stereocenters. The van der Waals surface area contributed by atoms with Gasteiger partial charge in [0.15, 0.2) is 0 Å². The SMILES string of the molecule is CCCCCC/C=C\C/C=C\CCCCCCCCCCOCC(COP(=O)(O)OC1C(O)C(O)C(O)C(O)C1O)OC(=O)CCCCCCCCCCCCCCCCCCCCCC. The number of carbonyl (C=O) groups is 1. The van der Waals surface area contributed by atoms with E-state index in [1.165, 1.54) is 161 Å². The zero-order valence-electron chi connectivity index (χ0n) is 42.0. The Labute approximate surface area is 402 Å². The summed E-state index contributed by atoms with van der Waals surface area (Å²) >= 11 is 0. The molecule has 0 spiro atoms. The van der Waals surface area contributed by atoms with Gasteiger partial charge in [-0.25, -0.2) is 4.57 Å². The predicted molar refractivity (Wildman–Crippen MR) is 267 cm³/mol. The summed E-state index contributed by atoms with van der Waals surface area (Å²) in [5.41, 5.74) is 0. The van der Waals surface area contributed by atoms with Crippen LogP contribution >= 0.6 is 7.82 Å². The van der Waals surface area contributed by atoms with Crippen LogP contribution in [0.25, 0.3) is 0 Å². The smallest absolute Gasteiger partial charge is 0.457 e. The van der Waals surface area contributed by atoms with E-state index >= 15 is 0 Å². The molecule has 1 fully saturated rings. The van der Waals surface area contributed by atoms with Crippen molar-refractivity contribution in [3.05, 3.63) is 24.3 Å². The summed E-state index contributed by atoms with van der Waals surface area (Å²) in [4.78, 5) is 23.3. The molecular weight excluding hydrogens is 860 g/mol. The Hall–Kier alpha value is -1.18. The fourth-order valence-corrected chi connectivity index (χ4v) is 9.48. The van der Waals surface area contributed by atoms with Gasteiger partial charge in [-0.05, 0) is 44.9 Å². The van der Waals surface area contributed by atoms with Crippen LogP contribution in [0, 0.1) is 0 Å². The van der Waals surface area contributed by atoms with Gasteiger partial charge < -0.3 is 39.9 Å². The van der Waals surface area contributed by atoms with Crippen molar-refractivity contribution in [1.29, 1.82) is 0 Å². The van der Waals surface area contributed by atoms with Gasteiger partial charge in [-0.15, -0.1) is 0 Å². The standard InChI is InChI=1S/C53H101O12P/c1-3-5-7-9-11-13-15-17-19-21-23-24-26-28-30-32-34-36-38-40-42-47(54)64-46(45-63-66(60,61)65-53-51(58)49(56)48(55)50(57)52(53)59)44-62-43-41-39-37-35-33-31-29-27-25-22-20-18-16-14-12-10-8-6-4-2/h14,16,20,22,46,48-53,55-59H,3-13,15,17-19,21,23-45H2,1-2H3,(H,60,61)/b16-14-,22-20-. The van der Waals surface area contributed by atoms with E-state index in [4.69, 9.17) is 18.5 Å². The van der Waals surface area contributed by atoms with Gasteiger partial charge in [0.05, 0.1) is 13.2 Å². The summed E-state index contributed by atoms with van der Waals surface area (Å²) in [6.45, 7) is 4.28. The van der Waals surface area contributed by atoms with E-state index in [1.807, 2.05) is 0 Å². The minimum absolute atomic E-state index is 0.0763. The monoisotopic (exact) mass is 961 g/mol. The van der Waals surface area contributed by atoms with Crippen LogP contribution in [-0.4, -0.2) is 98.9 Å². The van der Waals surface area contributed by atoms with Crippen molar-refractivity contribution in [2.75, 3.05) is 19.8 Å². The van der Waals surface area contributed by atoms with Crippen LogP contribution in [0.2, 0.25) is 0 Å². The largest absolute Gasteiger partial charge is 0.472 e. The van der Waals surface area contributed by atoms with Gasteiger partial charge >= 0.3 is 13.8 Å². The molecule has 1 aliphatic carbocycles. The molecule has 0 radical (unpaired) electrons. The van der Waals surface area contributed by atoms with E-state index in [0.29, 0.717) is 13.0 Å². The van der Waals surface area contributed by atoms with Crippen molar-refractivity contribution in [3.63, 3.8) is 0 Å². The van der Waals surface area contributed by atoms with Crippen LogP contribution in [0.4, 0.5) is 0 Å². The Balaban J connectivity index is 2.31. The zero-order chi connectivity index (χ0) is 48.4. The maximum Gasteiger partial charge on any atom is 0.472 e. The molecule has 1 saturated carbocycles. The van der Waals surface area contributed by atoms with E-state index in [2.05, 4.69) is 38.2 Å². The fraction of sp³-hybridized carbons (Fsp3) is 0.906. The predicted octanol–water partition coefficient (Wildman–Crippen LogP) is 12.4. The highest BCUT2D eigenvalue weighted by Crippen LogP contribution is 2.47. The summed E-state index contributed by atoms with van der Waals surface area (Å²) in [6, 6.07) is 0. The molecule has 0 saturated heterocycles. The molecule has 0 bridgehead atoms. The van der Waals surface area contributed by atoms with Gasteiger partial charge in [-0.3, -0.25) is 13.8 Å².